The zero-order valence-electron chi connectivity index (χ0n) is 18.6. The van der Waals surface area contributed by atoms with Crippen LogP contribution in [-0.2, 0) is 15.0 Å². The number of benzene rings is 1. The molecule has 0 saturated heterocycles. The van der Waals surface area contributed by atoms with Gasteiger partial charge in [-0.25, -0.2) is 9.98 Å². The SMILES string of the molecule is CC1COC(N)=N[C@]12c1cc(-c3cccnc3F)ccc1Oc1cnc(C3=CCCOC3)cc12. The van der Waals surface area contributed by atoms with Crippen LogP contribution in [0.2, 0.25) is 0 Å². The fraction of sp³-hybridized carbons (Fsp3) is 0.269. The van der Waals surface area contributed by atoms with Crippen molar-refractivity contribution in [1.82, 2.24) is 9.97 Å². The largest absolute Gasteiger partial charge is 0.465 e. The number of pyridine rings is 2. The fourth-order valence-electron chi connectivity index (χ4n) is 4.98. The van der Waals surface area contributed by atoms with E-state index in [1.54, 1.807) is 18.3 Å². The van der Waals surface area contributed by atoms with Crippen LogP contribution in [0.25, 0.3) is 16.7 Å². The van der Waals surface area contributed by atoms with Crippen LogP contribution in [0.3, 0.4) is 0 Å². The molecule has 5 heterocycles. The van der Waals surface area contributed by atoms with Gasteiger partial charge in [-0.15, -0.1) is 0 Å². The Labute approximate surface area is 196 Å². The molecule has 172 valence electrons. The zero-order valence-corrected chi connectivity index (χ0v) is 18.6. The number of hydrogen-bond donors (Lipinski definition) is 1. The number of aliphatic imine (C=N–C) groups is 1. The van der Waals surface area contributed by atoms with E-state index in [1.807, 2.05) is 24.3 Å². The van der Waals surface area contributed by atoms with Gasteiger partial charge in [-0.05, 0) is 47.9 Å². The normalized spacial score (nSPS) is 23.2. The van der Waals surface area contributed by atoms with E-state index in [1.165, 1.54) is 6.20 Å². The number of aromatic nitrogens is 2. The number of amidine groups is 1. The third kappa shape index (κ3) is 3.17. The smallest absolute Gasteiger partial charge is 0.283 e. The second-order valence-corrected chi connectivity index (χ2v) is 8.72. The standard InChI is InChI=1S/C26H23FN4O3/c1-15-13-33-25(28)31-26(15)19-10-16(18-5-2-8-29-24(18)27)6-7-22(19)34-23-12-30-21(11-20(23)26)17-4-3-9-32-14-17/h2,4-8,10-12,15H,3,9,13-14H2,1H3,(H2,28,31)/t15?,26-/m0/s1. The molecule has 34 heavy (non-hydrogen) atoms. The Morgan fingerprint density at radius 1 is 1.12 bits per heavy atom. The molecule has 1 aromatic carbocycles. The molecule has 0 amide bonds. The summed E-state index contributed by atoms with van der Waals surface area (Å²) in [5, 5.41) is 0. The highest BCUT2D eigenvalue weighted by molar-refractivity contribution is 5.77. The Balaban J connectivity index is 1.59. The van der Waals surface area contributed by atoms with Gasteiger partial charge in [0.25, 0.3) is 6.02 Å². The number of hydrogen-bond acceptors (Lipinski definition) is 7. The lowest BCUT2D eigenvalue weighted by Gasteiger charge is -2.43. The lowest BCUT2D eigenvalue weighted by molar-refractivity contribution is 0.152. The number of nitrogens with two attached hydrogens (primary N) is 1. The highest BCUT2D eigenvalue weighted by atomic mass is 19.1. The van der Waals surface area contributed by atoms with Gasteiger partial charge in [0.1, 0.15) is 11.3 Å². The van der Waals surface area contributed by atoms with E-state index in [-0.39, 0.29) is 11.9 Å². The molecule has 3 aromatic rings. The first-order chi connectivity index (χ1) is 16.6. The van der Waals surface area contributed by atoms with Crippen molar-refractivity contribution < 1.29 is 18.6 Å². The molecule has 0 aliphatic carbocycles. The van der Waals surface area contributed by atoms with E-state index < -0.39 is 11.5 Å². The molecular formula is C26H23FN4O3. The third-order valence-corrected chi connectivity index (χ3v) is 6.68. The molecule has 1 unspecified atom stereocenters. The van der Waals surface area contributed by atoms with Gasteiger partial charge < -0.3 is 19.9 Å². The van der Waals surface area contributed by atoms with Crippen LogP contribution in [0, 0.1) is 11.9 Å². The first-order valence-electron chi connectivity index (χ1n) is 11.3. The first kappa shape index (κ1) is 20.8. The van der Waals surface area contributed by atoms with Crippen LogP contribution in [-0.4, -0.2) is 35.8 Å². The van der Waals surface area contributed by atoms with E-state index in [4.69, 9.17) is 24.9 Å². The highest BCUT2D eigenvalue weighted by Gasteiger charge is 2.49. The molecule has 8 heteroatoms. The second kappa shape index (κ2) is 7.92. The number of rotatable bonds is 2. The molecule has 2 atom stereocenters. The van der Waals surface area contributed by atoms with E-state index in [9.17, 15) is 4.39 Å². The van der Waals surface area contributed by atoms with Crippen molar-refractivity contribution in [3.05, 3.63) is 77.6 Å². The van der Waals surface area contributed by atoms with Crippen molar-refractivity contribution in [3.8, 4) is 22.6 Å². The molecule has 0 radical (unpaired) electrons. The van der Waals surface area contributed by atoms with Gasteiger partial charge in [0.15, 0.2) is 5.75 Å². The Kier molecular flexibility index (Phi) is 4.84. The molecule has 2 aromatic heterocycles. The molecule has 3 aliphatic heterocycles. The Hall–Kier alpha value is -3.78. The summed E-state index contributed by atoms with van der Waals surface area (Å²) in [6, 6.07) is 11.1. The van der Waals surface area contributed by atoms with E-state index in [0.29, 0.717) is 42.4 Å². The predicted octanol–water partition coefficient (Wildman–Crippen LogP) is 4.42. The molecule has 1 spiro atoms. The summed E-state index contributed by atoms with van der Waals surface area (Å²) in [6.07, 6.45) is 6.15. The number of fused-ring (bicyclic) bond motifs is 4. The summed E-state index contributed by atoms with van der Waals surface area (Å²) in [7, 11) is 0. The fourth-order valence-corrected chi connectivity index (χ4v) is 4.98. The maximum Gasteiger partial charge on any atom is 0.283 e. The number of nitrogens with zero attached hydrogens (tertiary/aromatic N) is 3. The maximum atomic E-state index is 14.5. The van der Waals surface area contributed by atoms with Gasteiger partial charge in [0, 0.05) is 28.8 Å². The van der Waals surface area contributed by atoms with Crippen LogP contribution in [0.5, 0.6) is 11.5 Å². The molecular weight excluding hydrogens is 435 g/mol. The second-order valence-electron chi connectivity index (χ2n) is 8.72. The number of halogens is 1. The minimum atomic E-state index is -0.881. The molecule has 0 saturated carbocycles. The van der Waals surface area contributed by atoms with Gasteiger partial charge in [0.2, 0.25) is 5.95 Å². The Morgan fingerprint density at radius 2 is 2.00 bits per heavy atom. The molecule has 2 N–H and O–H groups in total. The monoisotopic (exact) mass is 458 g/mol. The van der Waals surface area contributed by atoms with Gasteiger partial charge in [-0.1, -0.05) is 19.1 Å². The minimum Gasteiger partial charge on any atom is -0.465 e. The molecule has 0 bridgehead atoms. The maximum absolute atomic E-state index is 14.5. The van der Waals surface area contributed by atoms with E-state index in [0.717, 1.165) is 28.8 Å². The molecule has 6 rings (SSSR count). The topological polar surface area (TPSA) is 91.9 Å². The van der Waals surface area contributed by atoms with Gasteiger partial charge in [-0.3, -0.25) is 4.98 Å². The highest BCUT2D eigenvalue weighted by Crippen LogP contribution is 2.54. The third-order valence-electron chi connectivity index (χ3n) is 6.68. The van der Waals surface area contributed by atoms with Crippen molar-refractivity contribution >= 4 is 11.6 Å². The van der Waals surface area contributed by atoms with Crippen molar-refractivity contribution in [3.63, 3.8) is 0 Å². The average molecular weight is 458 g/mol. The van der Waals surface area contributed by atoms with Crippen molar-refractivity contribution in [2.45, 2.75) is 18.9 Å². The Bertz CT molecular complexity index is 1360. The summed E-state index contributed by atoms with van der Waals surface area (Å²) in [5.74, 6) is 0.620. The first-order valence-corrected chi connectivity index (χ1v) is 11.3. The van der Waals surface area contributed by atoms with Gasteiger partial charge in [-0.2, -0.15) is 4.39 Å². The average Bonchev–Trinajstić information content (AvgIpc) is 2.87. The lowest BCUT2D eigenvalue weighted by atomic mass is 9.71. The van der Waals surface area contributed by atoms with Gasteiger partial charge >= 0.3 is 0 Å². The zero-order chi connectivity index (χ0) is 23.3. The minimum absolute atomic E-state index is 0.0815. The number of ether oxygens (including phenoxy) is 3. The van der Waals surface area contributed by atoms with Crippen LogP contribution >= 0.6 is 0 Å². The van der Waals surface area contributed by atoms with Crippen molar-refractivity contribution in [2.75, 3.05) is 19.8 Å². The molecule has 7 nitrogen and oxygen atoms in total. The molecule has 3 aliphatic rings. The lowest BCUT2D eigenvalue weighted by Crippen LogP contribution is -2.45. The van der Waals surface area contributed by atoms with E-state index in [2.05, 4.69) is 23.0 Å². The van der Waals surface area contributed by atoms with Crippen LogP contribution < -0.4 is 10.5 Å². The van der Waals surface area contributed by atoms with Crippen molar-refractivity contribution in [1.29, 1.82) is 0 Å². The Morgan fingerprint density at radius 3 is 2.82 bits per heavy atom. The van der Waals surface area contributed by atoms with Crippen molar-refractivity contribution in [2.24, 2.45) is 16.6 Å². The van der Waals surface area contributed by atoms with Gasteiger partial charge in [0.05, 0.1) is 31.7 Å². The van der Waals surface area contributed by atoms with E-state index >= 15 is 0 Å². The summed E-state index contributed by atoms with van der Waals surface area (Å²) in [5.41, 5.74) is 9.83. The molecule has 0 fully saturated rings. The summed E-state index contributed by atoms with van der Waals surface area (Å²) < 4.78 is 32.1. The summed E-state index contributed by atoms with van der Waals surface area (Å²) in [4.78, 5) is 13.3. The van der Waals surface area contributed by atoms with Crippen LogP contribution in [0.15, 0.2) is 59.9 Å². The van der Waals surface area contributed by atoms with Crippen LogP contribution in [0.1, 0.15) is 30.2 Å². The summed E-state index contributed by atoms with van der Waals surface area (Å²) in [6.45, 7) is 3.65. The predicted molar refractivity (Wildman–Crippen MR) is 125 cm³/mol. The summed E-state index contributed by atoms with van der Waals surface area (Å²) >= 11 is 0. The van der Waals surface area contributed by atoms with Crippen LogP contribution in [0.4, 0.5) is 4.39 Å². The quantitative estimate of drug-likeness (QED) is 0.572.